The number of rotatable bonds is 8. The molecule has 0 radical (unpaired) electrons. The van der Waals surface area contributed by atoms with E-state index in [9.17, 15) is 8.42 Å². The molecule has 0 aliphatic carbocycles. The third-order valence-electron chi connectivity index (χ3n) is 3.14. The Morgan fingerprint density at radius 2 is 1.79 bits per heavy atom. The van der Waals surface area contributed by atoms with Crippen LogP contribution in [0.4, 0.5) is 17.5 Å². The van der Waals surface area contributed by atoms with Crippen LogP contribution in [0.3, 0.4) is 0 Å². The van der Waals surface area contributed by atoms with Gasteiger partial charge in [-0.05, 0) is 38.5 Å². The minimum absolute atomic E-state index is 0.0666. The van der Waals surface area contributed by atoms with Gasteiger partial charge >= 0.3 is 0 Å². The van der Waals surface area contributed by atoms with Crippen molar-refractivity contribution in [2.75, 3.05) is 29.5 Å². The van der Waals surface area contributed by atoms with Gasteiger partial charge in [-0.25, -0.2) is 28.1 Å². The summed E-state index contributed by atoms with van der Waals surface area (Å²) < 4.78 is 25.2. The molecule has 0 aliphatic heterocycles. The molecule has 0 bridgehead atoms. The van der Waals surface area contributed by atoms with Gasteiger partial charge in [-0.2, -0.15) is 0 Å². The molecule has 2 heterocycles. The second-order valence-electron chi connectivity index (χ2n) is 5.25. The highest BCUT2D eigenvalue weighted by Crippen LogP contribution is 2.16. The van der Waals surface area contributed by atoms with Gasteiger partial charge in [-0.3, -0.25) is 0 Å². The predicted octanol–water partition coefficient (Wildman–Crippen LogP) is 1.58. The molecule has 0 amide bonds. The minimum Gasteiger partial charge on any atom is -0.369 e. The average molecular weight is 350 g/mol. The van der Waals surface area contributed by atoms with E-state index in [-0.39, 0.29) is 5.75 Å². The molecular formula is C15H22N6O2S. The first-order chi connectivity index (χ1) is 11.4. The molecular weight excluding hydrogens is 328 g/mol. The van der Waals surface area contributed by atoms with Crippen molar-refractivity contribution < 1.29 is 8.42 Å². The topological polar surface area (TPSA) is 109 Å². The van der Waals surface area contributed by atoms with Crippen LogP contribution >= 0.6 is 0 Å². The normalized spacial score (nSPS) is 11.3. The smallest absolute Gasteiger partial charge is 0.211 e. The number of hydrogen-bond donors (Lipinski definition) is 3. The van der Waals surface area contributed by atoms with Gasteiger partial charge in [-0.1, -0.05) is 0 Å². The van der Waals surface area contributed by atoms with Crippen molar-refractivity contribution in [2.24, 2.45) is 0 Å². The second-order valence-corrected chi connectivity index (χ2v) is 7.35. The third-order valence-corrected chi connectivity index (χ3v) is 4.55. The Kier molecular flexibility index (Phi) is 6.04. The van der Waals surface area contributed by atoms with Crippen molar-refractivity contribution in [3.63, 3.8) is 0 Å². The Bertz CT molecular complexity index is 794. The zero-order valence-corrected chi connectivity index (χ0v) is 14.8. The summed E-state index contributed by atoms with van der Waals surface area (Å²) in [5, 5.41) is 6.22. The highest BCUT2D eigenvalue weighted by molar-refractivity contribution is 7.89. The monoisotopic (exact) mass is 350 g/mol. The van der Waals surface area contributed by atoms with E-state index >= 15 is 0 Å². The van der Waals surface area contributed by atoms with Gasteiger partial charge in [0.05, 0.1) is 5.75 Å². The maximum Gasteiger partial charge on any atom is 0.211 e. The summed E-state index contributed by atoms with van der Waals surface area (Å²) in [6, 6.07) is 5.59. The van der Waals surface area contributed by atoms with Gasteiger partial charge in [0.15, 0.2) is 0 Å². The molecule has 0 aliphatic rings. The zero-order chi connectivity index (χ0) is 17.6. The number of anilines is 3. The number of sulfonamides is 1. The summed E-state index contributed by atoms with van der Waals surface area (Å²) in [6.07, 6.45) is 1.73. The van der Waals surface area contributed by atoms with Crippen LogP contribution in [-0.2, 0) is 10.0 Å². The molecule has 0 aromatic carbocycles. The van der Waals surface area contributed by atoms with Crippen molar-refractivity contribution in [3.05, 3.63) is 35.8 Å². The summed E-state index contributed by atoms with van der Waals surface area (Å²) in [7, 11) is -3.18. The lowest BCUT2D eigenvalue weighted by molar-refractivity contribution is 0.584. The summed E-state index contributed by atoms with van der Waals surface area (Å²) >= 11 is 0. The highest BCUT2D eigenvalue weighted by Gasteiger charge is 2.06. The van der Waals surface area contributed by atoms with Gasteiger partial charge in [-0.15, -0.1) is 0 Å². The Morgan fingerprint density at radius 3 is 2.50 bits per heavy atom. The fourth-order valence-corrected chi connectivity index (χ4v) is 2.57. The number of nitrogens with one attached hydrogen (secondary N) is 3. The molecule has 8 nitrogen and oxygen atoms in total. The van der Waals surface area contributed by atoms with E-state index in [2.05, 4.69) is 30.3 Å². The van der Waals surface area contributed by atoms with E-state index in [1.54, 1.807) is 26.1 Å². The lowest BCUT2D eigenvalue weighted by Gasteiger charge is -2.10. The second kappa shape index (κ2) is 8.02. The molecule has 0 spiro atoms. The van der Waals surface area contributed by atoms with E-state index in [1.807, 2.05) is 19.1 Å². The highest BCUT2D eigenvalue weighted by atomic mass is 32.2. The van der Waals surface area contributed by atoms with Crippen molar-refractivity contribution in [1.82, 2.24) is 19.7 Å². The maximum absolute atomic E-state index is 11.4. The van der Waals surface area contributed by atoms with E-state index < -0.39 is 10.0 Å². The molecule has 9 heteroatoms. The van der Waals surface area contributed by atoms with Crippen molar-refractivity contribution in [2.45, 2.75) is 20.8 Å². The van der Waals surface area contributed by atoms with Crippen molar-refractivity contribution in [1.29, 1.82) is 0 Å². The molecule has 130 valence electrons. The lowest BCUT2D eigenvalue weighted by Crippen LogP contribution is -2.30. The van der Waals surface area contributed by atoms with Crippen LogP contribution in [0.2, 0.25) is 0 Å². The van der Waals surface area contributed by atoms with E-state index in [0.717, 1.165) is 5.56 Å². The predicted molar refractivity (Wildman–Crippen MR) is 95.0 cm³/mol. The molecule has 0 saturated carbocycles. The molecule has 2 aromatic rings. The van der Waals surface area contributed by atoms with E-state index in [4.69, 9.17) is 0 Å². The first-order valence-electron chi connectivity index (χ1n) is 7.64. The molecule has 0 atom stereocenters. The minimum atomic E-state index is -3.18. The fraction of sp³-hybridized carbons (Fsp3) is 0.400. The number of nitrogens with zero attached hydrogens (tertiary/aromatic N) is 3. The Labute approximate surface area is 142 Å². The average Bonchev–Trinajstić information content (AvgIpc) is 2.51. The van der Waals surface area contributed by atoms with Crippen molar-refractivity contribution >= 4 is 27.5 Å². The van der Waals surface area contributed by atoms with Crippen LogP contribution in [0.1, 0.15) is 18.3 Å². The molecule has 3 N–H and O–H groups in total. The van der Waals surface area contributed by atoms with Crippen molar-refractivity contribution in [3.8, 4) is 0 Å². The first kappa shape index (κ1) is 18.1. The zero-order valence-electron chi connectivity index (χ0n) is 14.0. The Hall–Kier alpha value is -2.26. The quantitative estimate of drug-likeness (QED) is 0.620. The molecule has 0 fully saturated rings. The maximum atomic E-state index is 11.4. The van der Waals surface area contributed by atoms with Crippen LogP contribution < -0.4 is 15.4 Å². The lowest BCUT2D eigenvalue weighted by atomic mass is 10.3. The largest absolute Gasteiger partial charge is 0.369 e. The standard InChI is InChI=1S/C15H22N6O2S/c1-4-24(22,23)18-8-7-17-14-10-15(20-12(3)19-14)21-13-9-11(2)5-6-16-13/h5-6,9-10,18H,4,7-8H2,1-3H3,(H2,16,17,19,20,21). The first-order valence-corrected chi connectivity index (χ1v) is 9.30. The molecule has 2 aromatic heterocycles. The SMILES string of the molecule is CCS(=O)(=O)NCCNc1cc(Nc2cc(C)ccn2)nc(C)n1. The van der Waals surface area contributed by atoms with E-state index in [1.165, 1.54) is 0 Å². The van der Waals surface area contributed by atoms with Crippen LogP contribution in [0.5, 0.6) is 0 Å². The molecule has 24 heavy (non-hydrogen) atoms. The van der Waals surface area contributed by atoms with Crippen LogP contribution in [0.25, 0.3) is 0 Å². The van der Waals surface area contributed by atoms with Crippen LogP contribution in [0, 0.1) is 13.8 Å². The Balaban J connectivity index is 1.98. The van der Waals surface area contributed by atoms with Gasteiger partial charge in [0.25, 0.3) is 0 Å². The van der Waals surface area contributed by atoms with Crippen LogP contribution in [-0.4, -0.2) is 42.2 Å². The molecule has 2 rings (SSSR count). The molecule has 0 saturated heterocycles. The number of pyridine rings is 1. The van der Waals surface area contributed by atoms with E-state index in [0.29, 0.717) is 36.4 Å². The summed E-state index contributed by atoms with van der Waals surface area (Å²) in [5.41, 5.74) is 1.10. The summed E-state index contributed by atoms with van der Waals surface area (Å²) in [4.78, 5) is 12.9. The van der Waals surface area contributed by atoms with Gasteiger partial charge < -0.3 is 10.6 Å². The van der Waals surface area contributed by atoms with Crippen LogP contribution in [0.15, 0.2) is 24.4 Å². The summed E-state index contributed by atoms with van der Waals surface area (Å²) in [5.74, 6) is 2.61. The number of hydrogen-bond acceptors (Lipinski definition) is 7. The number of aryl methyl sites for hydroxylation is 2. The van der Waals surface area contributed by atoms with Gasteiger partial charge in [0.1, 0.15) is 23.3 Å². The van der Waals surface area contributed by atoms with Gasteiger partial charge in [0.2, 0.25) is 10.0 Å². The third kappa shape index (κ3) is 5.74. The fourth-order valence-electron chi connectivity index (χ4n) is 1.96. The van der Waals surface area contributed by atoms with Gasteiger partial charge in [0, 0.05) is 25.4 Å². The Morgan fingerprint density at radius 1 is 1.04 bits per heavy atom. The summed E-state index contributed by atoms with van der Waals surface area (Å²) in [6.45, 7) is 6.10. The number of aromatic nitrogens is 3. The molecule has 0 unspecified atom stereocenters.